The molecular formula is C16H18N4O. The Labute approximate surface area is 123 Å². The highest BCUT2D eigenvalue weighted by Crippen LogP contribution is 2.27. The zero-order valence-electron chi connectivity index (χ0n) is 11.8. The molecule has 1 saturated heterocycles. The maximum absolute atomic E-state index is 11.2. The zero-order chi connectivity index (χ0) is 14.7. The van der Waals surface area contributed by atoms with Gasteiger partial charge in [-0.05, 0) is 30.5 Å². The van der Waals surface area contributed by atoms with Gasteiger partial charge in [-0.15, -0.1) is 0 Å². The van der Waals surface area contributed by atoms with E-state index in [1.165, 1.54) is 12.0 Å². The van der Waals surface area contributed by atoms with E-state index in [1.54, 1.807) is 0 Å². The molecule has 5 heteroatoms. The largest absolute Gasteiger partial charge is 0.371 e. The van der Waals surface area contributed by atoms with Crippen molar-refractivity contribution in [2.75, 3.05) is 18.0 Å². The van der Waals surface area contributed by atoms with E-state index in [9.17, 15) is 4.79 Å². The van der Waals surface area contributed by atoms with Crippen molar-refractivity contribution in [2.45, 2.75) is 12.8 Å². The van der Waals surface area contributed by atoms with Gasteiger partial charge in [0.15, 0.2) is 0 Å². The monoisotopic (exact) mass is 282 g/mol. The molecule has 0 atom stereocenters. The molecule has 1 aromatic carbocycles. The van der Waals surface area contributed by atoms with Gasteiger partial charge in [0.2, 0.25) is 5.91 Å². The molecule has 0 radical (unpaired) electrons. The first-order valence-corrected chi connectivity index (χ1v) is 7.14. The van der Waals surface area contributed by atoms with Gasteiger partial charge in [0.1, 0.15) is 6.33 Å². The second kappa shape index (κ2) is 5.91. The van der Waals surface area contributed by atoms with Crippen LogP contribution in [0.1, 0.15) is 12.8 Å². The van der Waals surface area contributed by atoms with E-state index in [0.717, 1.165) is 37.1 Å². The maximum Gasteiger partial charge on any atom is 0.220 e. The lowest BCUT2D eigenvalue weighted by Gasteiger charge is -2.32. The number of aromatic nitrogens is 2. The number of rotatable bonds is 3. The Balaban J connectivity index is 1.77. The van der Waals surface area contributed by atoms with Gasteiger partial charge in [0.05, 0.1) is 0 Å². The smallest absolute Gasteiger partial charge is 0.220 e. The Bertz CT molecular complexity index is 621. The van der Waals surface area contributed by atoms with E-state index < -0.39 is 0 Å². The molecule has 1 amide bonds. The predicted octanol–water partition coefficient (Wildman–Crippen LogP) is 1.85. The summed E-state index contributed by atoms with van der Waals surface area (Å²) in [6, 6.07) is 8.33. The van der Waals surface area contributed by atoms with Crippen molar-refractivity contribution in [3.05, 3.63) is 43.0 Å². The van der Waals surface area contributed by atoms with Crippen LogP contribution in [0.5, 0.6) is 0 Å². The van der Waals surface area contributed by atoms with Gasteiger partial charge in [0.25, 0.3) is 0 Å². The third-order valence-electron chi connectivity index (χ3n) is 4.00. The number of hydrogen-bond acceptors (Lipinski definition) is 4. The number of carbonyl (C=O) groups is 1. The molecule has 0 spiro atoms. The normalized spacial score (nSPS) is 15.9. The highest BCUT2D eigenvalue weighted by Gasteiger charge is 2.23. The molecule has 108 valence electrons. The van der Waals surface area contributed by atoms with E-state index in [-0.39, 0.29) is 11.8 Å². The number of amides is 1. The Kier molecular flexibility index (Phi) is 3.81. The van der Waals surface area contributed by atoms with E-state index in [0.29, 0.717) is 0 Å². The van der Waals surface area contributed by atoms with Gasteiger partial charge < -0.3 is 10.6 Å². The van der Waals surface area contributed by atoms with Gasteiger partial charge in [-0.1, -0.05) is 12.1 Å². The summed E-state index contributed by atoms with van der Waals surface area (Å²) in [6.07, 6.45) is 6.81. The van der Waals surface area contributed by atoms with Gasteiger partial charge >= 0.3 is 0 Å². The number of carbonyl (C=O) groups excluding carboxylic acids is 1. The number of benzene rings is 1. The van der Waals surface area contributed by atoms with Crippen LogP contribution in [0, 0.1) is 5.92 Å². The summed E-state index contributed by atoms with van der Waals surface area (Å²) >= 11 is 0. The molecule has 1 aromatic heterocycles. The zero-order valence-corrected chi connectivity index (χ0v) is 11.8. The molecule has 0 saturated carbocycles. The molecule has 0 bridgehead atoms. The quantitative estimate of drug-likeness (QED) is 0.932. The highest BCUT2D eigenvalue weighted by molar-refractivity contribution is 5.77. The van der Waals surface area contributed by atoms with Gasteiger partial charge in [-0.2, -0.15) is 0 Å². The van der Waals surface area contributed by atoms with Crippen molar-refractivity contribution in [2.24, 2.45) is 11.7 Å². The van der Waals surface area contributed by atoms with Gasteiger partial charge in [-0.25, -0.2) is 9.97 Å². The second-order valence-corrected chi connectivity index (χ2v) is 5.34. The van der Waals surface area contributed by atoms with Crippen LogP contribution in [0.2, 0.25) is 0 Å². The summed E-state index contributed by atoms with van der Waals surface area (Å²) in [5, 5.41) is 0. The highest BCUT2D eigenvalue weighted by atomic mass is 16.1. The van der Waals surface area contributed by atoms with Crippen LogP contribution in [-0.2, 0) is 4.79 Å². The fourth-order valence-electron chi connectivity index (χ4n) is 2.75. The van der Waals surface area contributed by atoms with Crippen molar-refractivity contribution in [3.8, 4) is 11.1 Å². The van der Waals surface area contributed by atoms with Gasteiger partial charge in [-0.3, -0.25) is 4.79 Å². The topological polar surface area (TPSA) is 72.1 Å². The Morgan fingerprint density at radius 3 is 2.52 bits per heavy atom. The molecule has 2 heterocycles. The van der Waals surface area contributed by atoms with Crippen molar-refractivity contribution in [1.82, 2.24) is 9.97 Å². The molecule has 2 N–H and O–H groups in total. The lowest BCUT2D eigenvalue weighted by atomic mass is 9.95. The molecule has 0 aliphatic carbocycles. The minimum Gasteiger partial charge on any atom is -0.371 e. The van der Waals surface area contributed by atoms with Crippen molar-refractivity contribution in [1.29, 1.82) is 0 Å². The first-order chi connectivity index (χ1) is 10.2. The summed E-state index contributed by atoms with van der Waals surface area (Å²) in [4.78, 5) is 21.6. The standard InChI is InChI=1S/C16H18N4O/c17-16(21)12-4-6-20(7-5-12)15-3-1-2-13(8-15)14-9-18-11-19-10-14/h1-3,8-12H,4-7H2,(H2,17,21). The van der Waals surface area contributed by atoms with E-state index in [2.05, 4.69) is 33.1 Å². The Morgan fingerprint density at radius 1 is 1.14 bits per heavy atom. The minimum atomic E-state index is -0.176. The lowest BCUT2D eigenvalue weighted by molar-refractivity contribution is -0.122. The molecular weight excluding hydrogens is 264 g/mol. The third kappa shape index (κ3) is 3.02. The van der Waals surface area contributed by atoms with Crippen LogP contribution in [-0.4, -0.2) is 29.0 Å². The number of hydrogen-bond donors (Lipinski definition) is 1. The Morgan fingerprint density at radius 2 is 1.86 bits per heavy atom. The van der Waals surface area contributed by atoms with E-state index in [4.69, 9.17) is 5.73 Å². The molecule has 5 nitrogen and oxygen atoms in total. The summed E-state index contributed by atoms with van der Waals surface area (Å²) in [5.74, 6) is -0.156. The number of primary amides is 1. The number of nitrogens with two attached hydrogens (primary N) is 1. The summed E-state index contributed by atoms with van der Waals surface area (Å²) < 4.78 is 0. The van der Waals surface area contributed by atoms with Crippen LogP contribution in [0.15, 0.2) is 43.0 Å². The summed E-state index contributed by atoms with van der Waals surface area (Å²) in [7, 11) is 0. The number of nitrogens with zero attached hydrogens (tertiary/aromatic N) is 3. The first kappa shape index (κ1) is 13.5. The van der Waals surface area contributed by atoms with Crippen LogP contribution < -0.4 is 10.6 Å². The molecule has 1 aliphatic rings. The average molecular weight is 282 g/mol. The third-order valence-corrected chi connectivity index (χ3v) is 4.00. The molecule has 1 aliphatic heterocycles. The van der Waals surface area contributed by atoms with Crippen LogP contribution in [0.25, 0.3) is 11.1 Å². The van der Waals surface area contributed by atoms with Crippen LogP contribution >= 0.6 is 0 Å². The first-order valence-electron chi connectivity index (χ1n) is 7.14. The lowest BCUT2D eigenvalue weighted by Crippen LogP contribution is -2.38. The van der Waals surface area contributed by atoms with Crippen LogP contribution in [0.4, 0.5) is 5.69 Å². The summed E-state index contributed by atoms with van der Waals surface area (Å²) in [5.41, 5.74) is 8.65. The Hall–Kier alpha value is -2.43. The van der Waals surface area contributed by atoms with Crippen molar-refractivity contribution >= 4 is 11.6 Å². The fraction of sp³-hybridized carbons (Fsp3) is 0.312. The molecule has 1 fully saturated rings. The minimum absolute atomic E-state index is 0.0203. The summed E-state index contributed by atoms with van der Waals surface area (Å²) in [6.45, 7) is 1.73. The molecule has 2 aromatic rings. The molecule has 3 rings (SSSR count). The van der Waals surface area contributed by atoms with E-state index >= 15 is 0 Å². The van der Waals surface area contributed by atoms with Gasteiger partial charge in [0, 0.05) is 42.7 Å². The van der Waals surface area contributed by atoms with Crippen molar-refractivity contribution < 1.29 is 4.79 Å². The molecule has 21 heavy (non-hydrogen) atoms. The SMILES string of the molecule is NC(=O)C1CCN(c2cccc(-c3cncnc3)c2)CC1. The van der Waals surface area contributed by atoms with Crippen molar-refractivity contribution in [3.63, 3.8) is 0 Å². The average Bonchev–Trinajstić information content (AvgIpc) is 2.56. The number of piperidine rings is 1. The van der Waals surface area contributed by atoms with E-state index in [1.807, 2.05) is 18.5 Å². The number of anilines is 1. The predicted molar refractivity (Wildman–Crippen MR) is 81.6 cm³/mol. The molecule has 0 unspecified atom stereocenters. The fourth-order valence-corrected chi connectivity index (χ4v) is 2.75. The maximum atomic E-state index is 11.2. The van der Waals surface area contributed by atoms with Crippen LogP contribution in [0.3, 0.4) is 0 Å². The second-order valence-electron chi connectivity index (χ2n) is 5.34.